The Bertz CT molecular complexity index is 743. The topological polar surface area (TPSA) is 67.8 Å². The van der Waals surface area contributed by atoms with Crippen LogP contribution in [-0.4, -0.2) is 31.2 Å². The van der Waals surface area contributed by atoms with E-state index < -0.39 is 0 Å². The van der Waals surface area contributed by atoms with Gasteiger partial charge in [-0.15, -0.1) is 11.3 Å². The average Bonchev–Trinajstić information content (AvgIpc) is 3.14. The van der Waals surface area contributed by atoms with Crippen LogP contribution in [0.25, 0.3) is 0 Å². The number of hydrogen-bond acceptors (Lipinski definition) is 5. The van der Waals surface area contributed by atoms with Crippen LogP contribution in [0.15, 0.2) is 28.6 Å². The zero-order valence-corrected chi connectivity index (χ0v) is 17.7. The van der Waals surface area contributed by atoms with Crippen molar-refractivity contribution in [3.8, 4) is 11.5 Å². The molecule has 0 bridgehead atoms. The SMILES string of the molecule is CCNC(=NCc1ccc(OCC)c(OC)c1)NCc1nc(C(C)C)cs1. The Morgan fingerprint density at radius 3 is 2.67 bits per heavy atom. The molecule has 0 aliphatic rings. The fourth-order valence-corrected chi connectivity index (χ4v) is 3.32. The van der Waals surface area contributed by atoms with Crippen molar-refractivity contribution in [1.82, 2.24) is 15.6 Å². The van der Waals surface area contributed by atoms with Crippen molar-refractivity contribution in [3.63, 3.8) is 0 Å². The summed E-state index contributed by atoms with van der Waals surface area (Å²) in [6.07, 6.45) is 0. The standard InChI is InChI=1S/C20H30N4O2S/c1-6-21-20(23-12-19-24-16(13-27-19)14(3)4)22-11-15-8-9-17(26-7-2)18(10-15)25-5/h8-10,13-14H,6-7,11-12H2,1-5H3,(H2,21,22,23). The largest absolute Gasteiger partial charge is 0.493 e. The molecule has 0 saturated carbocycles. The zero-order chi connectivity index (χ0) is 19.6. The maximum absolute atomic E-state index is 5.56. The molecule has 1 aromatic carbocycles. The first-order chi connectivity index (χ1) is 13.1. The van der Waals surface area contributed by atoms with E-state index >= 15 is 0 Å². The third-order valence-corrected chi connectivity index (χ3v) is 4.73. The van der Waals surface area contributed by atoms with Gasteiger partial charge < -0.3 is 20.1 Å². The minimum Gasteiger partial charge on any atom is -0.493 e. The quantitative estimate of drug-likeness (QED) is 0.502. The predicted octanol–water partition coefficient (Wildman–Crippen LogP) is 3.93. The molecule has 0 saturated heterocycles. The number of thiazole rings is 1. The molecular formula is C20H30N4O2S. The molecule has 0 spiro atoms. The first kappa shape index (κ1) is 21.0. The van der Waals surface area contributed by atoms with Gasteiger partial charge in [-0.1, -0.05) is 19.9 Å². The monoisotopic (exact) mass is 390 g/mol. The highest BCUT2D eigenvalue weighted by atomic mass is 32.1. The molecule has 2 rings (SSSR count). The van der Waals surface area contributed by atoms with Gasteiger partial charge in [-0.25, -0.2) is 9.98 Å². The van der Waals surface area contributed by atoms with Crippen molar-refractivity contribution < 1.29 is 9.47 Å². The molecule has 6 nitrogen and oxygen atoms in total. The Labute approximate surface area is 166 Å². The van der Waals surface area contributed by atoms with Crippen LogP contribution >= 0.6 is 11.3 Å². The Kier molecular flexibility index (Phi) is 8.39. The van der Waals surface area contributed by atoms with E-state index in [0.29, 0.717) is 25.6 Å². The number of rotatable bonds is 9. The molecule has 2 aromatic rings. The van der Waals surface area contributed by atoms with Gasteiger partial charge in [0.15, 0.2) is 17.5 Å². The third kappa shape index (κ3) is 6.43. The molecule has 0 unspecified atom stereocenters. The van der Waals surface area contributed by atoms with Crippen LogP contribution in [-0.2, 0) is 13.1 Å². The molecule has 0 aliphatic heterocycles. The van der Waals surface area contributed by atoms with Crippen LogP contribution in [0.1, 0.15) is 49.9 Å². The van der Waals surface area contributed by atoms with Gasteiger partial charge in [0.1, 0.15) is 5.01 Å². The molecule has 7 heteroatoms. The van der Waals surface area contributed by atoms with Crippen LogP contribution in [0.3, 0.4) is 0 Å². The van der Waals surface area contributed by atoms with Crippen LogP contribution in [0.4, 0.5) is 0 Å². The highest BCUT2D eigenvalue weighted by Gasteiger charge is 2.08. The van der Waals surface area contributed by atoms with Crippen LogP contribution in [0.5, 0.6) is 11.5 Å². The lowest BCUT2D eigenvalue weighted by Crippen LogP contribution is -2.36. The van der Waals surface area contributed by atoms with Gasteiger partial charge in [-0.2, -0.15) is 0 Å². The van der Waals surface area contributed by atoms with Crippen LogP contribution in [0, 0.1) is 0 Å². The summed E-state index contributed by atoms with van der Waals surface area (Å²) in [5.41, 5.74) is 2.20. The summed E-state index contributed by atoms with van der Waals surface area (Å²) in [6, 6.07) is 5.90. The minimum absolute atomic E-state index is 0.451. The number of guanidine groups is 1. The zero-order valence-electron chi connectivity index (χ0n) is 16.8. The number of ether oxygens (including phenoxy) is 2. The first-order valence-electron chi connectivity index (χ1n) is 9.33. The summed E-state index contributed by atoms with van der Waals surface area (Å²) in [6.45, 7) is 10.9. The summed E-state index contributed by atoms with van der Waals surface area (Å²) in [5.74, 6) is 2.70. The van der Waals surface area contributed by atoms with E-state index in [1.165, 1.54) is 0 Å². The number of benzene rings is 1. The summed E-state index contributed by atoms with van der Waals surface area (Å²) >= 11 is 1.68. The second-order valence-electron chi connectivity index (χ2n) is 6.29. The van der Waals surface area contributed by atoms with Gasteiger partial charge in [0.25, 0.3) is 0 Å². The number of hydrogen-bond donors (Lipinski definition) is 2. The molecule has 0 fully saturated rings. The van der Waals surface area contributed by atoms with Gasteiger partial charge in [0.2, 0.25) is 0 Å². The summed E-state index contributed by atoms with van der Waals surface area (Å²) < 4.78 is 11.0. The maximum Gasteiger partial charge on any atom is 0.191 e. The first-order valence-corrected chi connectivity index (χ1v) is 10.2. The van der Waals surface area contributed by atoms with Crippen molar-refractivity contribution in [2.75, 3.05) is 20.3 Å². The lowest BCUT2D eigenvalue weighted by molar-refractivity contribution is 0.310. The van der Waals surface area contributed by atoms with E-state index in [-0.39, 0.29) is 0 Å². The van der Waals surface area contributed by atoms with E-state index in [1.807, 2.05) is 25.1 Å². The van der Waals surface area contributed by atoms with E-state index in [1.54, 1.807) is 18.4 Å². The normalized spacial score (nSPS) is 11.6. The highest BCUT2D eigenvalue weighted by molar-refractivity contribution is 7.09. The van der Waals surface area contributed by atoms with E-state index in [4.69, 9.17) is 9.47 Å². The molecule has 2 N–H and O–H groups in total. The molecule has 0 radical (unpaired) electrons. The van der Waals surface area contributed by atoms with E-state index in [0.717, 1.165) is 40.3 Å². The minimum atomic E-state index is 0.451. The van der Waals surface area contributed by atoms with Gasteiger partial charge in [0.05, 0.1) is 32.5 Å². The second-order valence-corrected chi connectivity index (χ2v) is 7.23. The molecule has 148 valence electrons. The van der Waals surface area contributed by atoms with Crippen molar-refractivity contribution in [2.24, 2.45) is 4.99 Å². The van der Waals surface area contributed by atoms with E-state index in [2.05, 4.69) is 46.8 Å². The Morgan fingerprint density at radius 2 is 2.04 bits per heavy atom. The molecule has 27 heavy (non-hydrogen) atoms. The van der Waals surface area contributed by atoms with E-state index in [9.17, 15) is 0 Å². The summed E-state index contributed by atoms with van der Waals surface area (Å²) in [4.78, 5) is 9.32. The molecular weight excluding hydrogens is 360 g/mol. The number of nitrogens with one attached hydrogen (secondary N) is 2. The van der Waals surface area contributed by atoms with Gasteiger partial charge >= 0.3 is 0 Å². The Balaban J connectivity index is 2.01. The summed E-state index contributed by atoms with van der Waals surface area (Å²) in [5, 5.41) is 9.81. The fourth-order valence-electron chi connectivity index (χ4n) is 2.43. The third-order valence-electron chi connectivity index (χ3n) is 3.86. The molecule has 1 heterocycles. The molecule has 0 atom stereocenters. The van der Waals surface area contributed by atoms with Crippen molar-refractivity contribution in [1.29, 1.82) is 0 Å². The van der Waals surface area contributed by atoms with Crippen molar-refractivity contribution in [3.05, 3.63) is 39.8 Å². The molecule has 0 aliphatic carbocycles. The van der Waals surface area contributed by atoms with Crippen LogP contribution in [0.2, 0.25) is 0 Å². The molecule has 1 aromatic heterocycles. The number of aliphatic imine (C=N–C) groups is 1. The number of aromatic nitrogens is 1. The lowest BCUT2D eigenvalue weighted by Gasteiger charge is -2.12. The fraction of sp³-hybridized carbons (Fsp3) is 0.500. The van der Waals surface area contributed by atoms with Crippen molar-refractivity contribution >= 4 is 17.3 Å². The lowest BCUT2D eigenvalue weighted by atomic mass is 10.2. The van der Waals surface area contributed by atoms with Crippen LogP contribution < -0.4 is 20.1 Å². The number of methoxy groups -OCH3 is 1. The smallest absolute Gasteiger partial charge is 0.191 e. The second kappa shape index (κ2) is 10.8. The van der Waals surface area contributed by atoms with Crippen molar-refractivity contribution in [2.45, 2.75) is 46.7 Å². The highest BCUT2D eigenvalue weighted by Crippen LogP contribution is 2.28. The maximum atomic E-state index is 5.56. The Hall–Kier alpha value is -2.28. The average molecular weight is 391 g/mol. The van der Waals surface area contributed by atoms with Gasteiger partial charge in [-0.3, -0.25) is 0 Å². The Morgan fingerprint density at radius 1 is 1.22 bits per heavy atom. The molecule has 0 amide bonds. The van der Waals surface area contributed by atoms with Gasteiger partial charge in [0, 0.05) is 11.9 Å². The summed E-state index contributed by atoms with van der Waals surface area (Å²) in [7, 11) is 1.65. The predicted molar refractivity (Wildman–Crippen MR) is 112 cm³/mol. The number of nitrogens with zero attached hydrogens (tertiary/aromatic N) is 2. The van der Waals surface area contributed by atoms with Gasteiger partial charge in [-0.05, 0) is 37.5 Å².